The van der Waals surface area contributed by atoms with E-state index in [1.54, 1.807) is 0 Å². The molecular weight excluding hydrogens is 294 g/mol. The molecule has 1 aromatic rings. The fraction of sp³-hybridized carbons (Fsp3) is 0.611. The minimum absolute atomic E-state index is 0.0211. The highest BCUT2D eigenvalue weighted by Gasteiger charge is 2.40. The molecule has 23 heavy (non-hydrogen) atoms. The first kappa shape index (κ1) is 16.3. The van der Waals surface area contributed by atoms with Gasteiger partial charge < -0.3 is 19.1 Å². The predicted molar refractivity (Wildman–Crippen MR) is 86.5 cm³/mol. The van der Waals surface area contributed by atoms with Crippen molar-refractivity contribution in [2.45, 2.75) is 38.4 Å². The van der Waals surface area contributed by atoms with Gasteiger partial charge in [0.05, 0.1) is 13.2 Å². The van der Waals surface area contributed by atoms with Crippen LogP contribution in [0.4, 0.5) is 0 Å². The van der Waals surface area contributed by atoms with Crippen LogP contribution in [-0.4, -0.2) is 49.5 Å². The van der Waals surface area contributed by atoms with Crippen molar-refractivity contribution in [1.82, 2.24) is 4.90 Å². The first-order chi connectivity index (χ1) is 11.1. The van der Waals surface area contributed by atoms with Crippen molar-refractivity contribution in [2.24, 2.45) is 0 Å². The minimum Gasteiger partial charge on any atom is -0.484 e. The first-order valence-corrected chi connectivity index (χ1v) is 8.36. The number of carbonyl (C=O) groups is 1. The largest absolute Gasteiger partial charge is 0.484 e. The van der Waals surface area contributed by atoms with Gasteiger partial charge >= 0.3 is 0 Å². The van der Waals surface area contributed by atoms with Gasteiger partial charge in [-0.1, -0.05) is 26.0 Å². The topological polar surface area (TPSA) is 48.0 Å². The molecular formula is C18H25NO4. The Morgan fingerprint density at radius 3 is 2.61 bits per heavy atom. The zero-order chi connectivity index (χ0) is 16.3. The average Bonchev–Trinajstić information content (AvgIpc) is 3.01. The van der Waals surface area contributed by atoms with Gasteiger partial charge in [-0.05, 0) is 23.6 Å². The molecule has 0 aliphatic carbocycles. The molecule has 0 saturated carbocycles. The highest BCUT2D eigenvalue weighted by Crippen LogP contribution is 2.31. The van der Waals surface area contributed by atoms with Gasteiger partial charge in [0, 0.05) is 25.9 Å². The van der Waals surface area contributed by atoms with E-state index < -0.39 is 5.79 Å². The van der Waals surface area contributed by atoms with Crippen molar-refractivity contribution in [1.29, 1.82) is 0 Å². The lowest BCUT2D eigenvalue weighted by atomic mass is 10.0. The van der Waals surface area contributed by atoms with E-state index in [1.807, 2.05) is 23.1 Å². The first-order valence-electron chi connectivity index (χ1n) is 8.36. The maximum Gasteiger partial charge on any atom is 0.260 e. The number of hydrogen-bond donors (Lipinski definition) is 0. The average molecular weight is 319 g/mol. The molecule has 0 unspecified atom stereocenters. The summed E-state index contributed by atoms with van der Waals surface area (Å²) in [4.78, 5) is 14.1. The summed E-state index contributed by atoms with van der Waals surface area (Å²) in [5, 5.41) is 0. The summed E-state index contributed by atoms with van der Waals surface area (Å²) >= 11 is 0. The fourth-order valence-corrected chi connectivity index (χ4v) is 3.08. The van der Waals surface area contributed by atoms with Gasteiger partial charge in [0.25, 0.3) is 5.91 Å². The summed E-state index contributed by atoms with van der Waals surface area (Å²) in [6, 6.07) is 7.94. The van der Waals surface area contributed by atoms with E-state index in [0.717, 1.165) is 18.6 Å². The number of piperidine rings is 1. The molecule has 2 saturated heterocycles. The molecule has 1 aromatic carbocycles. The standard InChI is InChI=1S/C18H25NO4/c1-14(2)15-4-3-5-16(12-15)21-13-17(20)19-8-6-18(7-9-19)22-10-11-23-18/h3-5,12,14H,6-11,13H2,1-2H3. The lowest BCUT2D eigenvalue weighted by molar-refractivity contribution is -0.187. The smallest absolute Gasteiger partial charge is 0.260 e. The molecule has 2 heterocycles. The van der Waals surface area contributed by atoms with Crippen LogP contribution in [0.3, 0.4) is 0 Å². The van der Waals surface area contributed by atoms with E-state index in [-0.39, 0.29) is 12.5 Å². The zero-order valence-corrected chi connectivity index (χ0v) is 13.9. The molecule has 2 aliphatic heterocycles. The van der Waals surface area contributed by atoms with Crippen molar-refractivity contribution < 1.29 is 19.0 Å². The molecule has 2 aliphatic rings. The SMILES string of the molecule is CC(C)c1cccc(OCC(=O)N2CCC3(CC2)OCCO3)c1. The molecule has 1 spiro atoms. The third-order valence-corrected chi connectivity index (χ3v) is 4.58. The zero-order valence-electron chi connectivity index (χ0n) is 13.9. The molecule has 1 amide bonds. The molecule has 2 fully saturated rings. The Balaban J connectivity index is 1.49. The third kappa shape index (κ3) is 3.85. The Morgan fingerprint density at radius 1 is 1.26 bits per heavy atom. The molecule has 5 heteroatoms. The maximum absolute atomic E-state index is 12.3. The second kappa shape index (κ2) is 6.89. The summed E-state index contributed by atoms with van der Waals surface area (Å²) in [6.07, 6.45) is 1.48. The third-order valence-electron chi connectivity index (χ3n) is 4.58. The molecule has 0 N–H and O–H groups in total. The van der Waals surface area contributed by atoms with Crippen molar-refractivity contribution in [3.63, 3.8) is 0 Å². The summed E-state index contributed by atoms with van der Waals surface area (Å²) < 4.78 is 17.0. The molecule has 5 nitrogen and oxygen atoms in total. The second-order valence-corrected chi connectivity index (χ2v) is 6.50. The Morgan fingerprint density at radius 2 is 1.96 bits per heavy atom. The highest BCUT2D eigenvalue weighted by atomic mass is 16.7. The Labute approximate surface area is 137 Å². The van der Waals surface area contributed by atoms with Crippen molar-refractivity contribution >= 4 is 5.91 Å². The van der Waals surface area contributed by atoms with Gasteiger partial charge in [-0.25, -0.2) is 0 Å². The van der Waals surface area contributed by atoms with E-state index in [2.05, 4.69) is 19.9 Å². The number of rotatable bonds is 4. The van der Waals surface area contributed by atoms with Gasteiger partial charge in [0.1, 0.15) is 5.75 Å². The molecule has 0 bridgehead atoms. The number of likely N-dealkylation sites (tertiary alicyclic amines) is 1. The van der Waals surface area contributed by atoms with Crippen LogP contribution in [0.15, 0.2) is 24.3 Å². The van der Waals surface area contributed by atoms with Crippen molar-refractivity contribution in [3.05, 3.63) is 29.8 Å². The van der Waals surface area contributed by atoms with Crippen molar-refractivity contribution in [2.75, 3.05) is 32.9 Å². The van der Waals surface area contributed by atoms with Crippen LogP contribution in [0.25, 0.3) is 0 Å². The lowest BCUT2D eigenvalue weighted by Crippen LogP contribution is -2.48. The maximum atomic E-state index is 12.3. The number of amides is 1. The Kier molecular flexibility index (Phi) is 4.87. The summed E-state index contributed by atoms with van der Waals surface area (Å²) in [5.74, 6) is 0.774. The Bertz CT molecular complexity index is 542. The van der Waals surface area contributed by atoms with Crippen LogP contribution in [0.5, 0.6) is 5.75 Å². The van der Waals surface area contributed by atoms with Crippen LogP contribution >= 0.6 is 0 Å². The quantitative estimate of drug-likeness (QED) is 0.856. The highest BCUT2D eigenvalue weighted by molar-refractivity contribution is 5.77. The van der Waals surface area contributed by atoms with Crippen LogP contribution in [0.2, 0.25) is 0 Å². The van der Waals surface area contributed by atoms with E-state index in [0.29, 0.717) is 32.2 Å². The predicted octanol–water partition coefficient (Wildman–Crippen LogP) is 2.55. The minimum atomic E-state index is -0.441. The van der Waals surface area contributed by atoms with Gasteiger partial charge in [0.2, 0.25) is 0 Å². The van der Waals surface area contributed by atoms with Crippen LogP contribution in [0, 0.1) is 0 Å². The van der Waals surface area contributed by atoms with Crippen LogP contribution in [0.1, 0.15) is 38.2 Å². The van der Waals surface area contributed by atoms with E-state index >= 15 is 0 Å². The number of carbonyl (C=O) groups excluding carboxylic acids is 1. The molecule has 0 aromatic heterocycles. The van der Waals surface area contributed by atoms with Crippen molar-refractivity contribution in [3.8, 4) is 5.75 Å². The summed E-state index contributed by atoms with van der Waals surface area (Å²) in [5.41, 5.74) is 1.21. The van der Waals surface area contributed by atoms with E-state index in [1.165, 1.54) is 5.56 Å². The fourth-order valence-electron chi connectivity index (χ4n) is 3.08. The summed E-state index contributed by atoms with van der Waals surface area (Å²) in [7, 11) is 0. The number of hydrogen-bond acceptors (Lipinski definition) is 4. The second-order valence-electron chi connectivity index (χ2n) is 6.50. The van der Waals surface area contributed by atoms with E-state index in [9.17, 15) is 4.79 Å². The van der Waals surface area contributed by atoms with Gasteiger partial charge in [0.15, 0.2) is 12.4 Å². The lowest BCUT2D eigenvalue weighted by Gasteiger charge is -2.37. The Hall–Kier alpha value is -1.59. The van der Waals surface area contributed by atoms with Crippen LogP contribution in [-0.2, 0) is 14.3 Å². The molecule has 126 valence electrons. The summed E-state index contributed by atoms with van der Waals surface area (Å²) in [6.45, 7) is 6.99. The monoisotopic (exact) mass is 319 g/mol. The van der Waals surface area contributed by atoms with Gasteiger partial charge in [-0.3, -0.25) is 4.79 Å². The molecule has 0 atom stereocenters. The van der Waals surface area contributed by atoms with Crippen LogP contribution < -0.4 is 4.74 Å². The number of benzene rings is 1. The normalized spacial score (nSPS) is 20.2. The molecule has 3 rings (SSSR count). The number of nitrogens with zero attached hydrogens (tertiary/aromatic N) is 1. The van der Waals surface area contributed by atoms with Gasteiger partial charge in [-0.2, -0.15) is 0 Å². The van der Waals surface area contributed by atoms with Gasteiger partial charge in [-0.15, -0.1) is 0 Å². The van der Waals surface area contributed by atoms with E-state index in [4.69, 9.17) is 14.2 Å². The number of ether oxygens (including phenoxy) is 3. The molecule has 0 radical (unpaired) electrons.